The summed E-state index contributed by atoms with van der Waals surface area (Å²) in [5.41, 5.74) is 1.35. The van der Waals surface area contributed by atoms with Crippen LogP contribution in [0.1, 0.15) is 24.3 Å². The van der Waals surface area contributed by atoms with Crippen LogP contribution in [0.5, 0.6) is 0 Å². The summed E-state index contributed by atoms with van der Waals surface area (Å²) < 4.78 is 1.23. The first kappa shape index (κ1) is 16.1. The molecule has 0 saturated carbocycles. The summed E-state index contributed by atoms with van der Waals surface area (Å²) in [7, 11) is 0. The molecule has 1 N–H and O–H groups in total. The second-order valence-electron chi connectivity index (χ2n) is 5.15. The third kappa shape index (κ3) is 5.24. The monoisotopic (exact) mass is 369 g/mol. The number of thiophene rings is 1. The number of thioether (sulfide) groups is 1. The largest absolute Gasteiger partial charge is 0.312 e. The maximum atomic E-state index is 3.58. The van der Waals surface area contributed by atoms with E-state index >= 15 is 0 Å². The summed E-state index contributed by atoms with van der Waals surface area (Å²) in [6.45, 7) is 6.49. The number of rotatable bonds is 7. The highest BCUT2D eigenvalue weighted by Crippen LogP contribution is 2.30. The molecule has 0 bridgehead atoms. The van der Waals surface area contributed by atoms with Crippen LogP contribution >= 0.6 is 39.0 Å². The predicted octanol–water partition coefficient (Wildman–Crippen LogP) is 5.55. The van der Waals surface area contributed by atoms with E-state index in [1.807, 2.05) is 23.1 Å². The molecule has 2 aromatic rings. The van der Waals surface area contributed by atoms with Gasteiger partial charge in [-0.2, -0.15) is 0 Å². The Labute approximate surface area is 138 Å². The lowest BCUT2D eigenvalue weighted by molar-refractivity contribution is 0.552. The van der Waals surface area contributed by atoms with E-state index in [1.54, 1.807) is 0 Å². The minimum absolute atomic E-state index is 0.703. The van der Waals surface area contributed by atoms with Crippen molar-refractivity contribution in [2.24, 2.45) is 5.92 Å². The van der Waals surface area contributed by atoms with Crippen molar-refractivity contribution in [2.45, 2.75) is 31.0 Å². The lowest BCUT2D eigenvalue weighted by Gasteiger charge is -2.08. The first-order valence-electron chi connectivity index (χ1n) is 6.79. The van der Waals surface area contributed by atoms with Gasteiger partial charge in [-0.3, -0.25) is 0 Å². The number of hydrogen-bond donors (Lipinski definition) is 1. The standard InChI is InChI=1S/C16H20BrNS2/c1-12(2)9-18-10-13-3-5-14(6-4-13)20-11-16-15(17)7-8-19-16/h3-8,12,18H,9-11H2,1-2H3. The molecule has 20 heavy (non-hydrogen) atoms. The van der Waals surface area contributed by atoms with Crippen molar-refractivity contribution in [2.75, 3.05) is 6.54 Å². The number of halogens is 1. The molecule has 0 radical (unpaired) electrons. The van der Waals surface area contributed by atoms with Crippen LogP contribution in [0.25, 0.3) is 0 Å². The van der Waals surface area contributed by atoms with E-state index in [0.717, 1.165) is 18.8 Å². The first-order valence-corrected chi connectivity index (χ1v) is 9.45. The van der Waals surface area contributed by atoms with Gasteiger partial charge in [0.2, 0.25) is 0 Å². The minimum Gasteiger partial charge on any atom is -0.312 e. The van der Waals surface area contributed by atoms with Crippen LogP contribution in [0.4, 0.5) is 0 Å². The van der Waals surface area contributed by atoms with Gasteiger partial charge in [-0.05, 0) is 57.5 Å². The maximum Gasteiger partial charge on any atom is 0.0337 e. The third-order valence-electron chi connectivity index (χ3n) is 2.87. The SMILES string of the molecule is CC(C)CNCc1ccc(SCc2sccc2Br)cc1. The molecule has 0 saturated heterocycles. The Morgan fingerprint density at radius 1 is 1.20 bits per heavy atom. The van der Waals surface area contributed by atoms with E-state index in [4.69, 9.17) is 0 Å². The highest BCUT2D eigenvalue weighted by molar-refractivity contribution is 9.10. The van der Waals surface area contributed by atoms with Gasteiger partial charge in [-0.15, -0.1) is 23.1 Å². The molecule has 0 unspecified atom stereocenters. The summed E-state index contributed by atoms with van der Waals surface area (Å²) in [5, 5.41) is 5.60. The summed E-state index contributed by atoms with van der Waals surface area (Å²) in [5.74, 6) is 1.73. The van der Waals surface area contributed by atoms with Gasteiger partial charge >= 0.3 is 0 Å². The van der Waals surface area contributed by atoms with Crippen molar-refractivity contribution in [1.29, 1.82) is 0 Å². The van der Waals surface area contributed by atoms with Gasteiger partial charge < -0.3 is 5.32 Å². The van der Waals surface area contributed by atoms with Gasteiger partial charge in [0.25, 0.3) is 0 Å². The molecule has 0 spiro atoms. The zero-order chi connectivity index (χ0) is 14.4. The predicted molar refractivity (Wildman–Crippen MR) is 94.6 cm³/mol. The van der Waals surface area contributed by atoms with Crippen molar-refractivity contribution >= 4 is 39.0 Å². The molecule has 1 aromatic heterocycles. The number of nitrogens with one attached hydrogen (secondary N) is 1. The van der Waals surface area contributed by atoms with Crippen LogP contribution in [0.15, 0.2) is 45.1 Å². The van der Waals surface area contributed by atoms with Crippen molar-refractivity contribution in [3.63, 3.8) is 0 Å². The molecule has 0 aliphatic carbocycles. The Kier molecular flexibility index (Phi) is 6.62. The summed E-state index contributed by atoms with van der Waals surface area (Å²) in [6, 6.07) is 11.0. The maximum absolute atomic E-state index is 3.58. The van der Waals surface area contributed by atoms with E-state index in [0.29, 0.717) is 5.92 Å². The van der Waals surface area contributed by atoms with E-state index < -0.39 is 0 Å². The van der Waals surface area contributed by atoms with Crippen LogP contribution < -0.4 is 5.32 Å². The topological polar surface area (TPSA) is 12.0 Å². The zero-order valence-corrected chi connectivity index (χ0v) is 15.1. The Morgan fingerprint density at radius 3 is 2.55 bits per heavy atom. The molecule has 108 valence electrons. The van der Waals surface area contributed by atoms with E-state index in [-0.39, 0.29) is 0 Å². The van der Waals surface area contributed by atoms with Gasteiger partial charge in [-0.25, -0.2) is 0 Å². The molecular formula is C16H20BrNS2. The first-order chi connectivity index (χ1) is 9.65. The lowest BCUT2D eigenvalue weighted by atomic mass is 10.2. The summed E-state index contributed by atoms with van der Waals surface area (Å²) in [6.07, 6.45) is 0. The summed E-state index contributed by atoms with van der Waals surface area (Å²) in [4.78, 5) is 2.73. The highest BCUT2D eigenvalue weighted by Gasteiger charge is 2.02. The van der Waals surface area contributed by atoms with Gasteiger partial charge in [0.1, 0.15) is 0 Å². The Balaban J connectivity index is 1.81. The number of hydrogen-bond acceptors (Lipinski definition) is 3. The van der Waals surface area contributed by atoms with Crippen LogP contribution in [0.2, 0.25) is 0 Å². The van der Waals surface area contributed by atoms with E-state index in [1.165, 1.54) is 19.8 Å². The Hall–Kier alpha value is -0.290. The van der Waals surface area contributed by atoms with Crippen molar-refractivity contribution in [3.8, 4) is 0 Å². The van der Waals surface area contributed by atoms with Crippen molar-refractivity contribution < 1.29 is 0 Å². The zero-order valence-electron chi connectivity index (χ0n) is 11.9. The van der Waals surface area contributed by atoms with E-state index in [2.05, 4.69) is 70.8 Å². The van der Waals surface area contributed by atoms with Crippen LogP contribution in [0.3, 0.4) is 0 Å². The van der Waals surface area contributed by atoms with Crippen LogP contribution in [-0.2, 0) is 12.3 Å². The molecule has 0 fully saturated rings. The molecule has 1 nitrogen and oxygen atoms in total. The second-order valence-corrected chi connectivity index (χ2v) is 8.05. The van der Waals surface area contributed by atoms with Gasteiger partial charge in [0.05, 0.1) is 0 Å². The van der Waals surface area contributed by atoms with Crippen molar-refractivity contribution in [1.82, 2.24) is 5.32 Å². The van der Waals surface area contributed by atoms with Crippen LogP contribution in [-0.4, -0.2) is 6.54 Å². The fourth-order valence-electron chi connectivity index (χ4n) is 1.79. The van der Waals surface area contributed by atoms with E-state index in [9.17, 15) is 0 Å². The summed E-state index contributed by atoms with van der Waals surface area (Å²) >= 11 is 7.28. The normalized spacial score (nSPS) is 11.2. The minimum atomic E-state index is 0.703. The molecule has 1 heterocycles. The molecule has 4 heteroatoms. The third-order valence-corrected chi connectivity index (χ3v) is 6.01. The van der Waals surface area contributed by atoms with Gasteiger partial charge in [-0.1, -0.05) is 26.0 Å². The Bertz CT molecular complexity index is 520. The molecule has 1 aromatic carbocycles. The van der Waals surface area contributed by atoms with Gasteiger partial charge in [0.15, 0.2) is 0 Å². The lowest BCUT2D eigenvalue weighted by Crippen LogP contribution is -2.18. The fourth-order valence-corrected chi connectivity index (χ4v) is 4.48. The molecular weight excluding hydrogens is 350 g/mol. The molecule has 0 aliphatic rings. The number of benzene rings is 1. The van der Waals surface area contributed by atoms with Gasteiger partial charge in [0, 0.05) is 26.5 Å². The molecule has 0 aliphatic heterocycles. The average Bonchev–Trinajstić information content (AvgIpc) is 2.83. The van der Waals surface area contributed by atoms with Crippen LogP contribution in [0, 0.1) is 5.92 Å². The second kappa shape index (κ2) is 8.23. The molecule has 2 rings (SSSR count). The quantitative estimate of drug-likeness (QED) is 0.642. The fraction of sp³-hybridized carbons (Fsp3) is 0.375. The average molecular weight is 370 g/mol. The Morgan fingerprint density at radius 2 is 1.95 bits per heavy atom. The molecule has 0 atom stereocenters. The highest BCUT2D eigenvalue weighted by atomic mass is 79.9. The molecule has 0 amide bonds. The van der Waals surface area contributed by atoms with Crippen molar-refractivity contribution in [3.05, 3.63) is 50.6 Å². The smallest absolute Gasteiger partial charge is 0.0337 e.